The molecule has 9 heteroatoms. The number of amidine groups is 1. The molecule has 1 aliphatic rings. The Balaban J connectivity index is 2.17. The summed E-state index contributed by atoms with van der Waals surface area (Å²) >= 11 is 1.13. The third-order valence-electron chi connectivity index (χ3n) is 4.83. The van der Waals surface area contributed by atoms with E-state index in [0.717, 1.165) is 35.5 Å². The van der Waals surface area contributed by atoms with Crippen LogP contribution in [0.4, 0.5) is 8.78 Å². The summed E-state index contributed by atoms with van der Waals surface area (Å²) in [5, 5.41) is 13.5. The standard InChI is InChI=1S/C21H22F2N4O2S/c1-13(29-2)20(28)27-21(11-10-18(24)25,14-6-4-3-5-7-14)30-19(26-27)16-12-15(22)8-9-17(16)23/h3-9,12-13H,10-11H2,1-2H3,(H3,24,25)/t13-,21?/m0/s1. The first-order valence-electron chi connectivity index (χ1n) is 9.27. The molecule has 0 aliphatic carbocycles. The molecule has 3 N–H and O–H groups in total. The van der Waals surface area contributed by atoms with E-state index in [4.69, 9.17) is 15.9 Å². The van der Waals surface area contributed by atoms with Gasteiger partial charge in [0, 0.05) is 19.1 Å². The van der Waals surface area contributed by atoms with Crippen LogP contribution in [0.5, 0.6) is 0 Å². The number of nitrogens with two attached hydrogens (primary N) is 1. The number of thioether (sulfide) groups is 1. The van der Waals surface area contributed by atoms with E-state index in [1.165, 1.54) is 12.1 Å². The number of benzene rings is 2. The molecule has 1 amide bonds. The van der Waals surface area contributed by atoms with E-state index in [0.29, 0.717) is 0 Å². The van der Waals surface area contributed by atoms with Gasteiger partial charge in [0.25, 0.3) is 5.91 Å². The molecule has 0 spiro atoms. The largest absolute Gasteiger partial charge is 0.388 e. The third kappa shape index (κ3) is 4.22. The van der Waals surface area contributed by atoms with Crippen molar-refractivity contribution in [1.82, 2.24) is 5.01 Å². The van der Waals surface area contributed by atoms with Crippen molar-refractivity contribution in [3.05, 3.63) is 71.3 Å². The summed E-state index contributed by atoms with van der Waals surface area (Å²) in [6, 6.07) is 12.2. The van der Waals surface area contributed by atoms with Crippen molar-refractivity contribution in [3.63, 3.8) is 0 Å². The number of nitrogens with zero attached hydrogens (tertiary/aromatic N) is 2. The number of hydrazone groups is 1. The topological polar surface area (TPSA) is 91.8 Å². The number of hydrogen-bond donors (Lipinski definition) is 2. The summed E-state index contributed by atoms with van der Waals surface area (Å²) in [6.45, 7) is 1.59. The molecule has 0 saturated heterocycles. The SMILES string of the molecule is CO[C@@H](C)C(=O)N1N=C(c2cc(F)ccc2F)SC1(CCC(=N)N)c1ccccc1. The fraction of sp³-hybridized carbons (Fsp3) is 0.286. The van der Waals surface area contributed by atoms with Crippen LogP contribution in [0.25, 0.3) is 0 Å². The Morgan fingerprint density at radius 2 is 2.00 bits per heavy atom. The number of carbonyl (C=O) groups excluding carboxylic acids is 1. The fourth-order valence-electron chi connectivity index (χ4n) is 3.15. The van der Waals surface area contributed by atoms with Gasteiger partial charge in [-0.2, -0.15) is 5.10 Å². The molecule has 158 valence electrons. The van der Waals surface area contributed by atoms with Gasteiger partial charge in [0.05, 0.1) is 5.84 Å². The number of nitrogens with one attached hydrogen (secondary N) is 1. The second kappa shape index (κ2) is 8.93. The second-order valence-corrected chi connectivity index (χ2v) is 8.10. The molecular formula is C21H22F2N4O2S. The molecule has 1 unspecified atom stereocenters. The van der Waals surface area contributed by atoms with Crippen LogP contribution in [0.15, 0.2) is 53.6 Å². The van der Waals surface area contributed by atoms with Crippen LogP contribution in [-0.4, -0.2) is 35.0 Å². The Morgan fingerprint density at radius 3 is 2.63 bits per heavy atom. The van der Waals surface area contributed by atoms with Crippen molar-refractivity contribution in [2.75, 3.05) is 7.11 Å². The Labute approximate surface area is 177 Å². The molecule has 1 heterocycles. The maximum Gasteiger partial charge on any atom is 0.273 e. The average Bonchev–Trinajstić information content (AvgIpc) is 3.14. The summed E-state index contributed by atoms with van der Waals surface area (Å²) in [5.74, 6) is -1.75. The van der Waals surface area contributed by atoms with Crippen LogP contribution in [0.3, 0.4) is 0 Å². The van der Waals surface area contributed by atoms with Crippen molar-refractivity contribution in [1.29, 1.82) is 5.41 Å². The van der Waals surface area contributed by atoms with Gasteiger partial charge in [-0.1, -0.05) is 42.1 Å². The third-order valence-corrected chi connectivity index (χ3v) is 6.27. The molecule has 2 aromatic carbocycles. The Kier molecular flexibility index (Phi) is 6.52. The molecule has 0 saturated carbocycles. The molecule has 1 aliphatic heterocycles. The summed E-state index contributed by atoms with van der Waals surface area (Å²) in [6.07, 6.45) is -0.378. The van der Waals surface area contributed by atoms with Crippen LogP contribution in [0.1, 0.15) is 30.9 Å². The minimum Gasteiger partial charge on any atom is -0.388 e. The number of amides is 1. The predicted molar refractivity (Wildman–Crippen MR) is 113 cm³/mol. The molecule has 3 rings (SSSR count). The van der Waals surface area contributed by atoms with Gasteiger partial charge in [0.2, 0.25) is 0 Å². The van der Waals surface area contributed by atoms with Crippen molar-refractivity contribution in [2.45, 2.75) is 30.7 Å². The highest BCUT2D eigenvalue weighted by Gasteiger charge is 2.49. The molecule has 6 nitrogen and oxygen atoms in total. The zero-order valence-corrected chi connectivity index (χ0v) is 17.4. The van der Waals surface area contributed by atoms with E-state index < -0.39 is 28.5 Å². The van der Waals surface area contributed by atoms with Crippen molar-refractivity contribution >= 4 is 28.5 Å². The fourth-order valence-corrected chi connectivity index (χ4v) is 4.53. The number of hydrogen-bond acceptors (Lipinski definition) is 5. The van der Waals surface area contributed by atoms with Crippen LogP contribution in [-0.2, 0) is 14.4 Å². The van der Waals surface area contributed by atoms with E-state index in [2.05, 4.69) is 5.10 Å². The Hall–Kier alpha value is -2.78. The highest BCUT2D eigenvalue weighted by atomic mass is 32.2. The molecule has 2 aromatic rings. The van der Waals surface area contributed by atoms with Gasteiger partial charge in [-0.25, -0.2) is 13.8 Å². The van der Waals surface area contributed by atoms with Crippen molar-refractivity contribution in [2.24, 2.45) is 10.8 Å². The number of ether oxygens (including phenoxy) is 1. The molecule has 2 atom stereocenters. The van der Waals surface area contributed by atoms with Gasteiger partial charge in [0.15, 0.2) is 0 Å². The molecule has 0 bridgehead atoms. The lowest BCUT2D eigenvalue weighted by molar-refractivity contribution is -0.144. The van der Waals surface area contributed by atoms with Gasteiger partial charge in [-0.15, -0.1) is 0 Å². The first-order chi connectivity index (χ1) is 14.3. The van der Waals surface area contributed by atoms with Crippen molar-refractivity contribution in [3.8, 4) is 0 Å². The summed E-state index contributed by atoms with van der Waals surface area (Å²) in [4.78, 5) is 12.1. The maximum atomic E-state index is 14.5. The molecule has 0 fully saturated rings. The zero-order chi connectivity index (χ0) is 21.9. The Bertz CT molecular complexity index is 986. The number of methoxy groups -OCH3 is 1. The van der Waals surface area contributed by atoms with Crippen LogP contribution in [0, 0.1) is 17.0 Å². The summed E-state index contributed by atoms with van der Waals surface area (Å²) in [7, 11) is 1.41. The monoisotopic (exact) mass is 432 g/mol. The minimum atomic E-state index is -1.09. The first kappa shape index (κ1) is 21.9. The van der Waals surface area contributed by atoms with Crippen LogP contribution in [0.2, 0.25) is 0 Å². The molecule has 0 aromatic heterocycles. The van der Waals surface area contributed by atoms with Gasteiger partial charge in [-0.05, 0) is 37.1 Å². The maximum absolute atomic E-state index is 14.5. The van der Waals surface area contributed by atoms with Crippen LogP contribution < -0.4 is 5.73 Å². The van der Waals surface area contributed by atoms with E-state index in [1.807, 2.05) is 30.3 Å². The van der Waals surface area contributed by atoms with Gasteiger partial charge >= 0.3 is 0 Å². The smallest absolute Gasteiger partial charge is 0.273 e. The number of rotatable bonds is 7. The van der Waals surface area contributed by atoms with Gasteiger partial charge in [0.1, 0.15) is 27.7 Å². The summed E-state index contributed by atoms with van der Waals surface area (Å²) in [5.41, 5.74) is 6.29. The quantitative estimate of drug-likeness (QED) is 0.514. The lowest BCUT2D eigenvalue weighted by Crippen LogP contribution is -2.46. The minimum absolute atomic E-state index is 0.0384. The first-order valence-corrected chi connectivity index (χ1v) is 10.1. The lowest BCUT2D eigenvalue weighted by Gasteiger charge is -2.36. The van der Waals surface area contributed by atoms with E-state index >= 15 is 0 Å². The van der Waals surface area contributed by atoms with Crippen LogP contribution >= 0.6 is 11.8 Å². The highest BCUT2D eigenvalue weighted by Crippen LogP contribution is 2.50. The molecule has 0 radical (unpaired) electrons. The summed E-state index contributed by atoms with van der Waals surface area (Å²) < 4.78 is 33.5. The highest BCUT2D eigenvalue weighted by molar-refractivity contribution is 8.15. The second-order valence-electron chi connectivity index (χ2n) is 6.83. The van der Waals surface area contributed by atoms with E-state index in [1.54, 1.807) is 6.92 Å². The number of carbonyl (C=O) groups is 1. The molecule has 30 heavy (non-hydrogen) atoms. The van der Waals surface area contributed by atoms with Gasteiger partial charge < -0.3 is 10.5 Å². The average molecular weight is 432 g/mol. The van der Waals surface area contributed by atoms with Crippen molar-refractivity contribution < 1.29 is 18.3 Å². The predicted octanol–water partition coefficient (Wildman–Crippen LogP) is 3.81. The normalized spacial score (nSPS) is 19.5. The molecular weight excluding hydrogens is 410 g/mol. The van der Waals surface area contributed by atoms with E-state index in [-0.39, 0.29) is 29.3 Å². The Morgan fingerprint density at radius 1 is 1.30 bits per heavy atom. The zero-order valence-electron chi connectivity index (χ0n) is 16.6. The van der Waals surface area contributed by atoms with Gasteiger partial charge in [-0.3, -0.25) is 10.2 Å². The lowest BCUT2D eigenvalue weighted by atomic mass is 9.99. The number of halogens is 2. The van der Waals surface area contributed by atoms with E-state index in [9.17, 15) is 13.6 Å².